The third-order valence-corrected chi connectivity index (χ3v) is 2.72. The van der Waals surface area contributed by atoms with Gasteiger partial charge in [0.15, 0.2) is 0 Å². The van der Waals surface area contributed by atoms with Gasteiger partial charge in [-0.1, -0.05) is 26.0 Å². The molecule has 0 N–H and O–H groups in total. The van der Waals surface area contributed by atoms with Crippen molar-refractivity contribution < 1.29 is 15.8 Å². The van der Waals surface area contributed by atoms with Crippen LogP contribution in [-0.4, -0.2) is 31.3 Å². The van der Waals surface area contributed by atoms with Crippen LogP contribution < -0.4 is 4.74 Å². The van der Waals surface area contributed by atoms with Crippen LogP contribution in [0.3, 0.4) is 0 Å². The maximum Gasteiger partial charge on any atom is 0.222 e. The van der Waals surface area contributed by atoms with Gasteiger partial charge in [-0.25, -0.2) is 0 Å². The number of benzene rings is 1. The number of aldehydes is 1. The minimum atomic E-state index is 0. The van der Waals surface area contributed by atoms with E-state index >= 15 is 0 Å². The number of unbranched alkanes of at least 4 members (excludes halogenated alkanes) is 1. The highest BCUT2D eigenvalue weighted by Crippen LogP contribution is 2.13. The van der Waals surface area contributed by atoms with Crippen LogP contribution in [0.5, 0.6) is 5.75 Å². The molecule has 1 aromatic rings. The standard InChI is InChI=1S/C14H19NO3.C2H6.H2/c1-15(14(17)5-3-4-10-16)11-12-6-8-13(18-2)9-7-12;1-2;/h6-10H,3-5,11H2,1-2H3;1-2H3;1H. The number of hydrogen-bond donors (Lipinski definition) is 0. The minimum absolute atomic E-state index is 0. The van der Waals surface area contributed by atoms with Crippen LogP contribution in [0.1, 0.15) is 40.1 Å². The summed E-state index contributed by atoms with van der Waals surface area (Å²) < 4.78 is 5.07. The Bertz CT molecular complexity index is 393. The van der Waals surface area contributed by atoms with E-state index in [1.807, 2.05) is 38.1 Å². The maximum absolute atomic E-state index is 11.7. The molecule has 0 bridgehead atoms. The van der Waals surface area contributed by atoms with Crippen molar-refractivity contribution >= 4 is 12.2 Å². The Hall–Kier alpha value is -1.84. The van der Waals surface area contributed by atoms with Crippen molar-refractivity contribution in [3.8, 4) is 5.75 Å². The van der Waals surface area contributed by atoms with Crippen LogP contribution in [0, 0.1) is 0 Å². The summed E-state index contributed by atoms with van der Waals surface area (Å²) in [5.74, 6) is 0.867. The van der Waals surface area contributed by atoms with Gasteiger partial charge in [-0.2, -0.15) is 0 Å². The molecule has 0 fully saturated rings. The van der Waals surface area contributed by atoms with Crippen molar-refractivity contribution in [1.82, 2.24) is 4.90 Å². The van der Waals surface area contributed by atoms with E-state index in [1.165, 1.54) is 0 Å². The molecule has 20 heavy (non-hydrogen) atoms. The fourth-order valence-electron chi connectivity index (χ4n) is 1.62. The van der Waals surface area contributed by atoms with Crippen LogP contribution in [0.2, 0.25) is 0 Å². The summed E-state index contributed by atoms with van der Waals surface area (Å²) in [7, 11) is 3.39. The quantitative estimate of drug-likeness (QED) is 0.569. The molecule has 0 unspecified atom stereocenters. The van der Waals surface area contributed by atoms with Gasteiger partial charge in [-0.15, -0.1) is 0 Å². The van der Waals surface area contributed by atoms with Gasteiger partial charge < -0.3 is 14.4 Å². The van der Waals surface area contributed by atoms with Crippen LogP contribution in [0.25, 0.3) is 0 Å². The number of hydrogen-bond acceptors (Lipinski definition) is 3. The molecule has 0 aliphatic carbocycles. The average Bonchev–Trinajstić information content (AvgIpc) is 2.50. The predicted octanol–water partition coefficient (Wildman–Crippen LogP) is 3.30. The van der Waals surface area contributed by atoms with E-state index in [-0.39, 0.29) is 7.33 Å². The highest BCUT2D eigenvalue weighted by atomic mass is 16.5. The second kappa shape index (κ2) is 11.0. The van der Waals surface area contributed by atoms with Crippen LogP contribution >= 0.6 is 0 Å². The Kier molecular flexibility index (Phi) is 10.0. The predicted molar refractivity (Wildman–Crippen MR) is 82.8 cm³/mol. The van der Waals surface area contributed by atoms with E-state index in [4.69, 9.17) is 4.74 Å². The molecule has 0 heterocycles. The van der Waals surface area contributed by atoms with E-state index in [9.17, 15) is 9.59 Å². The van der Waals surface area contributed by atoms with Gasteiger partial charge in [0, 0.05) is 27.9 Å². The Balaban J connectivity index is 0. The summed E-state index contributed by atoms with van der Waals surface area (Å²) in [5, 5.41) is 0. The van der Waals surface area contributed by atoms with Crippen molar-refractivity contribution in [3.05, 3.63) is 29.8 Å². The van der Waals surface area contributed by atoms with Gasteiger partial charge in [0.2, 0.25) is 5.91 Å². The Morgan fingerprint density at radius 3 is 2.40 bits per heavy atom. The number of methoxy groups -OCH3 is 1. The van der Waals surface area contributed by atoms with E-state index in [0.29, 0.717) is 25.8 Å². The number of rotatable bonds is 7. The number of carbonyl (C=O) groups excluding carboxylic acids is 2. The maximum atomic E-state index is 11.7. The molecule has 0 spiro atoms. The van der Waals surface area contributed by atoms with Crippen molar-refractivity contribution in [3.63, 3.8) is 0 Å². The first-order valence-corrected chi connectivity index (χ1v) is 6.98. The summed E-state index contributed by atoms with van der Waals surface area (Å²) in [6.07, 6.45) is 2.33. The Morgan fingerprint density at radius 1 is 1.30 bits per heavy atom. The number of nitrogens with zero attached hydrogens (tertiary/aromatic N) is 1. The highest BCUT2D eigenvalue weighted by molar-refractivity contribution is 5.76. The summed E-state index contributed by atoms with van der Waals surface area (Å²) in [5.41, 5.74) is 1.06. The smallest absolute Gasteiger partial charge is 0.222 e. The molecule has 0 saturated carbocycles. The molecular formula is C16H27NO3. The molecule has 114 valence electrons. The minimum Gasteiger partial charge on any atom is -0.497 e. The molecule has 4 nitrogen and oxygen atoms in total. The molecule has 1 amide bonds. The van der Waals surface area contributed by atoms with Crippen molar-refractivity contribution in [1.29, 1.82) is 0 Å². The van der Waals surface area contributed by atoms with Gasteiger partial charge in [0.05, 0.1) is 7.11 Å². The summed E-state index contributed by atoms with van der Waals surface area (Å²) in [4.78, 5) is 23.6. The first kappa shape index (κ1) is 18.2. The SMILES string of the molecule is CC.COc1ccc(CN(C)C(=O)CCCC=O)cc1.[HH]. The largest absolute Gasteiger partial charge is 0.497 e. The Labute approximate surface area is 123 Å². The topological polar surface area (TPSA) is 46.6 Å². The van der Waals surface area contributed by atoms with E-state index in [0.717, 1.165) is 17.6 Å². The fraction of sp³-hybridized carbons (Fsp3) is 0.500. The number of carbonyl (C=O) groups is 2. The zero-order valence-corrected chi connectivity index (χ0v) is 12.9. The van der Waals surface area contributed by atoms with Crippen molar-refractivity contribution in [2.45, 2.75) is 39.7 Å². The lowest BCUT2D eigenvalue weighted by Crippen LogP contribution is -2.25. The summed E-state index contributed by atoms with van der Waals surface area (Å²) >= 11 is 0. The second-order valence-electron chi connectivity index (χ2n) is 4.16. The lowest BCUT2D eigenvalue weighted by Gasteiger charge is -2.17. The van der Waals surface area contributed by atoms with Gasteiger partial charge >= 0.3 is 0 Å². The van der Waals surface area contributed by atoms with Gasteiger partial charge in [-0.3, -0.25) is 4.79 Å². The lowest BCUT2D eigenvalue weighted by atomic mass is 10.2. The first-order valence-electron chi connectivity index (χ1n) is 6.98. The molecular weight excluding hydrogens is 254 g/mol. The Morgan fingerprint density at radius 2 is 1.90 bits per heavy atom. The van der Waals surface area contributed by atoms with E-state index in [1.54, 1.807) is 19.1 Å². The van der Waals surface area contributed by atoms with E-state index in [2.05, 4.69) is 0 Å². The van der Waals surface area contributed by atoms with Gasteiger partial charge in [-0.05, 0) is 24.1 Å². The van der Waals surface area contributed by atoms with Gasteiger partial charge in [0.1, 0.15) is 12.0 Å². The zero-order valence-electron chi connectivity index (χ0n) is 12.9. The van der Waals surface area contributed by atoms with Crippen LogP contribution in [-0.2, 0) is 16.1 Å². The fourth-order valence-corrected chi connectivity index (χ4v) is 1.62. The molecule has 0 radical (unpaired) electrons. The molecule has 0 atom stereocenters. The average molecular weight is 281 g/mol. The highest BCUT2D eigenvalue weighted by Gasteiger charge is 2.08. The number of amides is 1. The van der Waals surface area contributed by atoms with Gasteiger partial charge in [0.25, 0.3) is 0 Å². The molecule has 1 aromatic carbocycles. The molecule has 0 saturated heterocycles. The van der Waals surface area contributed by atoms with Crippen LogP contribution in [0.15, 0.2) is 24.3 Å². The molecule has 0 aliphatic heterocycles. The first-order chi connectivity index (χ1) is 9.67. The lowest BCUT2D eigenvalue weighted by molar-refractivity contribution is -0.130. The molecule has 4 heteroatoms. The summed E-state index contributed by atoms with van der Waals surface area (Å²) in [6, 6.07) is 7.63. The zero-order chi connectivity index (χ0) is 15.4. The molecule has 0 aromatic heterocycles. The van der Waals surface area contributed by atoms with E-state index < -0.39 is 0 Å². The molecule has 0 aliphatic rings. The normalized spacial score (nSPS) is 9.20. The molecule has 1 rings (SSSR count). The number of ether oxygens (including phenoxy) is 1. The summed E-state index contributed by atoms with van der Waals surface area (Å²) in [6.45, 7) is 4.57. The van der Waals surface area contributed by atoms with Crippen molar-refractivity contribution in [2.75, 3.05) is 14.2 Å². The third-order valence-electron chi connectivity index (χ3n) is 2.72. The second-order valence-corrected chi connectivity index (χ2v) is 4.16. The monoisotopic (exact) mass is 281 g/mol. The van der Waals surface area contributed by atoms with Crippen molar-refractivity contribution in [2.24, 2.45) is 0 Å². The third kappa shape index (κ3) is 6.92. The van der Waals surface area contributed by atoms with Crippen LogP contribution in [0.4, 0.5) is 0 Å².